The molecular formula is C6H5N3O5. The van der Waals surface area contributed by atoms with Gasteiger partial charge in [0.25, 0.3) is 11.9 Å². The lowest BCUT2D eigenvalue weighted by Crippen LogP contribution is -2.30. The van der Waals surface area contributed by atoms with Gasteiger partial charge in [-0.2, -0.15) is 4.73 Å². The Labute approximate surface area is 77.3 Å². The lowest BCUT2D eigenvalue weighted by Gasteiger charge is -1.99. The number of nitro groups is 2. The van der Waals surface area contributed by atoms with Gasteiger partial charge in [-0.1, -0.05) is 0 Å². The number of hydrogen-bond acceptors (Lipinski definition) is 5. The van der Waals surface area contributed by atoms with Gasteiger partial charge in [-0.15, -0.1) is 0 Å². The highest BCUT2D eigenvalue weighted by atomic mass is 16.6. The maximum atomic E-state index is 11.0. The standard InChI is InChI=1S/C6H5N3O5/c1-4-6(9(13)14)2-5(8(11)12)3-7(4)10/h2-3H,1H3. The predicted octanol–water partition coefficient (Wildman–Crippen LogP) is 0.445. The lowest BCUT2D eigenvalue weighted by molar-refractivity contribution is -0.620. The highest BCUT2D eigenvalue weighted by molar-refractivity contribution is 5.40. The molecule has 0 N–H and O–H groups in total. The maximum Gasteiger partial charge on any atom is 0.343 e. The second kappa shape index (κ2) is 3.24. The molecule has 14 heavy (non-hydrogen) atoms. The van der Waals surface area contributed by atoms with E-state index in [2.05, 4.69) is 0 Å². The van der Waals surface area contributed by atoms with Crippen LogP contribution in [0, 0.1) is 32.4 Å². The van der Waals surface area contributed by atoms with Crippen LogP contribution in [0.25, 0.3) is 0 Å². The van der Waals surface area contributed by atoms with Gasteiger partial charge >= 0.3 is 11.4 Å². The van der Waals surface area contributed by atoms with E-state index in [1.54, 1.807) is 0 Å². The van der Waals surface area contributed by atoms with Crippen LogP contribution in [0.2, 0.25) is 0 Å². The zero-order valence-electron chi connectivity index (χ0n) is 7.04. The van der Waals surface area contributed by atoms with Crippen molar-refractivity contribution in [2.45, 2.75) is 6.92 Å². The average molecular weight is 199 g/mol. The third kappa shape index (κ3) is 1.58. The molecule has 0 amide bonds. The summed E-state index contributed by atoms with van der Waals surface area (Å²) in [6.45, 7) is 1.22. The van der Waals surface area contributed by atoms with Gasteiger partial charge in [-0.3, -0.25) is 20.2 Å². The van der Waals surface area contributed by atoms with Crippen LogP contribution >= 0.6 is 0 Å². The Hall–Kier alpha value is -2.25. The summed E-state index contributed by atoms with van der Waals surface area (Å²) in [7, 11) is 0. The Kier molecular flexibility index (Phi) is 2.28. The molecule has 0 atom stereocenters. The van der Waals surface area contributed by atoms with Crippen molar-refractivity contribution in [3.8, 4) is 0 Å². The molecule has 1 aromatic rings. The Morgan fingerprint density at radius 3 is 2.29 bits per heavy atom. The molecule has 0 aliphatic rings. The molecule has 1 rings (SSSR count). The van der Waals surface area contributed by atoms with Crippen molar-refractivity contribution < 1.29 is 14.6 Å². The largest absolute Gasteiger partial charge is 0.618 e. The van der Waals surface area contributed by atoms with Gasteiger partial charge in [0.05, 0.1) is 9.85 Å². The fourth-order valence-electron chi connectivity index (χ4n) is 0.896. The third-order valence-corrected chi connectivity index (χ3v) is 1.64. The van der Waals surface area contributed by atoms with E-state index in [1.165, 1.54) is 6.92 Å². The van der Waals surface area contributed by atoms with E-state index >= 15 is 0 Å². The van der Waals surface area contributed by atoms with Crippen LogP contribution in [0.5, 0.6) is 0 Å². The highest BCUT2D eigenvalue weighted by Gasteiger charge is 2.25. The van der Waals surface area contributed by atoms with Crippen LogP contribution in [0.15, 0.2) is 12.3 Å². The van der Waals surface area contributed by atoms with Gasteiger partial charge in [0.2, 0.25) is 0 Å². The minimum Gasteiger partial charge on any atom is -0.618 e. The summed E-state index contributed by atoms with van der Waals surface area (Å²) in [5, 5.41) is 31.6. The van der Waals surface area contributed by atoms with Crippen molar-refractivity contribution in [2.75, 3.05) is 0 Å². The molecule has 0 bridgehead atoms. The average Bonchev–Trinajstić information content (AvgIpc) is 2.08. The van der Waals surface area contributed by atoms with Gasteiger partial charge in [-0.05, 0) is 0 Å². The Morgan fingerprint density at radius 2 is 1.86 bits per heavy atom. The summed E-state index contributed by atoms with van der Waals surface area (Å²) < 4.78 is 0.107. The summed E-state index contributed by atoms with van der Waals surface area (Å²) in [6.07, 6.45) is 0.683. The van der Waals surface area contributed by atoms with Crippen LogP contribution in [-0.4, -0.2) is 9.85 Å². The van der Waals surface area contributed by atoms with E-state index in [-0.39, 0.29) is 10.4 Å². The molecule has 0 aliphatic carbocycles. The molecule has 0 aliphatic heterocycles. The lowest BCUT2D eigenvalue weighted by atomic mass is 10.3. The van der Waals surface area contributed by atoms with E-state index in [0.717, 1.165) is 6.07 Å². The molecule has 8 heteroatoms. The molecule has 0 radical (unpaired) electrons. The van der Waals surface area contributed by atoms with Crippen LogP contribution in [0.4, 0.5) is 11.4 Å². The van der Waals surface area contributed by atoms with Crippen molar-refractivity contribution in [2.24, 2.45) is 0 Å². The minimum absolute atomic E-state index is 0.107. The zero-order valence-corrected chi connectivity index (χ0v) is 7.04. The van der Waals surface area contributed by atoms with E-state index in [1.807, 2.05) is 0 Å². The summed E-state index contributed by atoms with van der Waals surface area (Å²) >= 11 is 0. The quantitative estimate of drug-likeness (QED) is 0.297. The number of hydrogen-bond donors (Lipinski definition) is 0. The molecular weight excluding hydrogens is 194 g/mol. The molecule has 74 valence electrons. The molecule has 1 aromatic heterocycles. The van der Waals surface area contributed by atoms with Gasteiger partial charge in [0.15, 0.2) is 0 Å². The molecule has 0 aromatic carbocycles. The summed E-state index contributed by atoms with van der Waals surface area (Å²) in [5.74, 6) is 0. The molecule has 0 fully saturated rings. The van der Waals surface area contributed by atoms with Gasteiger partial charge in [0.1, 0.15) is 6.07 Å². The first-order valence-corrected chi connectivity index (χ1v) is 3.46. The normalized spacial score (nSPS) is 9.79. The molecule has 0 saturated carbocycles. The van der Waals surface area contributed by atoms with E-state index in [0.29, 0.717) is 6.20 Å². The molecule has 8 nitrogen and oxygen atoms in total. The SMILES string of the molecule is Cc1c([N+](=O)[O-])cc([N+](=O)[O-])c[n+]1[O-]. The highest BCUT2D eigenvalue weighted by Crippen LogP contribution is 2.19. The van der Waals surface area contributed by atoms with Gasteiger partial charge in [-0.25, -0.2) is 0 Å². The summed E-state index contributed by atoms with van der Waals surface area (Å²) in [4.78, 5) is 19.0. The first-order chi connectivity index (χ1) is 6.43. The molecule has 1 heterocycles. The Bertz CT molecular complexity index is 416. The molecule has 0 unspecified atom stereocenters. The number of pyridine rings is 1. The monoisotopic (exact) mass is 199 g/mol. The number of rotatable bonds is 2. The fourth-order valence-corrected chi connectivity index (χ4v) is 0.896. The van der Waals surface area contributed by atoms with E-state index < -0.39 is 21.2 Å². The molecule has 0 saturated heterocycles. The maximum absolute atomic E-state index is 11.0. The van der Waals surface area contributed by atoms with Gasteiger partial charge in [0, 0.05) is 6.92 Å². The summed E-state index contributed by atoms with van der Waals surface area (Å²) in [6, 6.07) is 0.754. The van der Waals surface area contributed by atoms with Crippen molar-refractivity contribution >= 4 is 11.4 Å². The van der Waals surface area contributed by atoms with Crippen molar-refractivity contribution in [1.29, 1.82) is 0 Å². The third-order valence-electron chi connectivity index (χ3n) is 1.64. The van der Waals surface area contributed by atoms with Crippen LogP contribution in [0.3, 0.4) is 0 Å². The van der Waals surface area contributed by atoms with Crippen molar-refractivity contribution in [1.82, 2.24) is 0 Å². The van der Waals surface area contributed by atoms with Gasteiger partial charge < -0.3 is 5.21 Å². The van der Waals surface area contributed by atoms with Crippen molar-refractivity contribution in [3.63, 3.8) is 0 Å². The minimum atomic E-state index is -0.860. The number of nitrogens with zero attached hydrogens (tertiary/aromatic N) is 3. The molecule has 0 spiro atoms. The fraction of sp³-hybridized carbons (Fsp3) is 0.167. The van der Waals surface area contributed by atoms with Crippen LogP contribution in [0.1, 0.15) is 5.69 Å². The van der Waals surface area contributed by atoms with Crippen molar-refractivity contribution in [3.05, 3.63) is 43.4 Å². The Balaban J connectivity index is 3.43. The predicted molar refractivity (Wildman–Crippen MR) is 43.4 cm³/mol. The summed E-state index contributed by atoms with van der Waals surface area (Å²) in [5.41, 5.74) is -1.34. The Morgan fingerprint density at radius 1 is 1.29 bits per heavy atom. The first kappa shape index (κ1) is 9.84. The number of aromatic nitrogens is 1. The van der Waals surface area contributed by atoms with E-state index in [4.69, 9.17) is 0 Å². The van der Waals surface area contributed by atoms with Crippen LogP contribution in [-0.2, 0) is 0 Å². The second-order valence-corrected chi connectivity index (χ2v) is 2.51. The smallest absolute Gasteiger partial charge is 0.343 e. The second-order valence-electron chi connectivity index (χ2n) is 2.51. The van der Waals surface area contributed by atoms with E-state index in [9.17, 15) is 25.4 Å². The van der Waals surface area contributed by atoms with Crippen LogP contribution < -0.4 is 4.73 Å². The first-order valence-electron chi connectivity index (χ1n) is 3.46. The zero-order chi connectivity index (χ0) is 10.9. The topological polar surface area (TPSA) is 113 Å².